The molecule has 0 bridgehead atoms. The zero-order valence-corrected chi connectivity index (χ0v) is 28.1. The van der Waals surface area contributed by atoms with Crippen LogP contribution in [-0.4, -0.2) is 35.2 Å². The lowest BCUT2D eigenvalue weighted by atomic mass is 10.1. The molecular formula is C39H32N4O7S. The number of hydrogen-bond acceptors (Lipinski definition) is 8. The minimum Gasteiger partial charge on any atom is -0.462 e. The van der Waals surface area contributed by atoms with E-state index in [2.05, 4.69) is 16.0 Å². The van der Waals surface area contributed by atoms with E-state index in [9.17, 15) is 29.3 Å². The van der Waals surface area contributed by atoms with Crippen molar-refractivity contribution >= 4 is 58.6 Å². The average molecular weight is 701 g/mol. The highest BCUT2D eigenvalue weighted by atomic mass is 32.2. The van der Waals surface area contributed by atoms with Crippen molar-refractivity contribution in [2.24, 2.45) is 0 Å². The molecular weight excluding hydrogens is 669 g/mol. The molecule has 12 heteroatoms. The molecule has 0 saturated heterocycles. The molecule has 0 aliphatic carbocycles. The van der Waals surface area contributed by atoms with E-state index in [1.54, 1.807) is 91.9 Å². The Morgan fingerprint density at radius 2 is 1.43 bits per heavy atom. The van der Waals surface area contributed by atoms with Crippen LogP contribution in [0.3, 0.4) is 0 Å². The highest BCUT2D eigenvalue weighted by Gasteiger charge is 2.23. The summed E-state index contributed by atoms with van der Waals surface area (Å²) in [6, 6.07) is 36.5. The number of carbonyl (C=O) groups excluding carboxylic acids is 4. The molecule has 0 aliphatic rings. The Hall–Kier alpha value is -6.53. The molecule has 0 saturated carbocycles. The molecule has 0 aliphatic heterocycles. The lowest BCUT2D eigenvalue weighted by molar-refractivity contribution is -0.385. The van der Waals surface area contributed by atoms with Crippen molar-refractivity contribution in [2.45, 2.75) is 17.1 Å². The van der Waals surface area contributed by atoms with E-state index in [1.165, 1.54) is 36.0 Å². The molecule has 0 radical (unpaired) electrons. The molecule has 0 fully saturated rings. The number of nitrogens with zero attached hydrogens (tertiary/aromatic N) is 1. The van der Waals surface area contributed by atoms with Gasteiger partial charge in [0.25, 0.3) is 17.5 Å². The van der Waals surface area contributed by atoms with Gasteiger partial charge in [0.05, 0.1) is 22.7 Å². The predicted molar refractivity (Wildman–Crippen MR) is 196 cm³/mol. The fraction of sp³-hybridized carbons (Fsp3) is 0.0769. The number of benzene rings is 5. The summed E-state index contributed by atoms with van der Waals surface area (Å²) in [5, 5.41) is 19.3. The van der Waals surface area contributed by atoms with Crippen molar-refractivity contribution in [3.63, 3.8) is 0 Å². The molecule has 1 unspecified atom stereocenters. The van der Waals surface area contributed by atoms with Gasteiger partial charge in [-0.2, -0.15) is 0 Å². The van der Waals surface area contributed by atoms with Crippen molar-refractivity contribution in [3.05, 3.63) is 172 Å². The van der Waals surface area contributed by atoms with Crippen LogP contribution in [0.4, 0.5) is 17.1 Å². The third-order valence-electron chi connectivity index (χ3n) is 7.31. The standard InChI is InChI=1S/C39H32N4O7S/c1-2-50-39(47)28-20-22-30(23-21-28)40-38(46)35(26-12-5-3-6-13-26)51-32-18-11-17-31(25-32)41-37(45)33(42-36(44)27-14-7-4-8-15-27)24-29-16-9-10-19-34(29)43(48)49/h3-25,35H,2H2,1H3,(H,40,46)(H,41,45)(H,42,44)/b33-24+. The van der Waals surface area contributed by atoms with Crippen LogP contribution in [0, 0.1) is 10.1 Å². The van der Waals surface area contributed by atoms with Gasteiger partial charge >= 0.3 is 5.97 Å². The van der Waals surface area contributed by atoms with E-state index in [1.807, 2.05) is 30.3 Å². The second kappa shape index (κ2) is 17.2. The summed E-state index contributed by atoms with van der Waals surface area (Å²) in [6.45, 7) is 1.97. The summed E-state index contributed by atoms with van der Waals surface area (Å²) in [7, 11) is 0. The van der Waals surface area contributed by atoms with Gasteiger partial charge in [0, 0.05) is 27.9 Å². The Balaban J connectivity index is 1.38. The summed E-state index contributed by atoms with van der Waals surface area (Å²) in [6.07, 6.45) is 1.25. The van der Waals surface area contributed by atoms with Crippen LogP contribution in [0.2, 0.25) is 0 Å². The molecule has 256 valence electrons. The first-order chi connectivity index (χ1) is 24.7. The van der Waals surface area contributed by atoms with E-state index < -0.39 is 28.0 Å². The topological polar surface area (TPSA) is 157 Å². The molecule has 3 amide bonds. The number of hydrogen-bond donors (Lipinski definition) is 3. The number of carbonyl (C=O) groups is 4. The van der Waals surface area contributed by atoms with Crippen molar-refractivity contribution < 1.29 is 28.8 Å². The normalized spacial score (nSPS) is 11.5. The highest BCUT2D eigenvalue weighted by molar-refractivity contribution is 8.00. The van der Waals surface area contributed by atoms with Gasteiger partial charge in [0.2, 0.25) is 5.91 Å². The van der Waals surface area contributed by atoms with E-state index in [0.29, 0.717) is 21.8 Å². The monoisotopic (exact) mass is 700 g/mol. The number of thioether (sulfide) groups is 1. The molecule has 5 aromatic carbocycles. The van der Waals surface area contributed by atoms with E-state index in [0.717, 1.165) is 5.56 Å². The van der Waals surface area contributed by atoms with Gasteiger partial charge in [-0.1, -0.05) is 66.7 Å². The number of para-hydroxylation sites is 1. The minimum absolute atomic E-state index is 0.123. The van der Waals surface area contributed by atoms with Crippen LogP contribution in [0.1, 0.15) is 44.0 Å². The Labute approximate surface area is 297 Å². The Morgan fingerprint density at radius 1 is 0.765 bits per heavy atom. The van der Waals surface area contributed by atoms with Gasteiger partial charge in [-0.25, -0.2) is 4.79 Å². The molecule has 3 N–H and O–H groups in total. The second-order valence-corrected chi connectivity index (χ2v) is 12.1. The van der Waals surface area contributed by atoms with Gasteiger partial charge in [-0.15, -0.1) is 11.8 Å². The van der Waals surface area contributed by atoms with E-state index >= 15 is 0 Å². The van der Waals surface area contributed by atoms with Crippen molar-refractivity contribution in [1.82, 2.24) is 5.32 Å². The molecule has 51 heavy (non-hydrogen) atoms. The fourth-order valence-corrected chi connectivity index (χ4v) is 5.95. The Morgan fingerprint density at radius 3 is 2.12 bits per heavy atom. The third kappa shape index (κ3) is 9.77. The second-order valence-electron chi connectivity index (χ2n) is 10.9. The summed E-state index contributed by atoms with van der Waals surface area (Å²) in [4.78, 5) is 64.2. The Bertz CT molecular complexity index is 2070. The van der Waals surface area contributed by atoms with Crippen LogP contribution < -0.4 is 16.0 Å². The van der Waals surface area contributed by atoms with Crippen molar-refractivity contribution in [1.29, 1.82) is 0 Å². The number of nitrogens with one attached hydrogen (secondary N) is 3. The molecule has 1 atom stereocenters. The molecule has 0 aromatic heterocycles. The minimum atomic E-state index is -0.719. The van der Waals surface area contributed by atoms with Crippen LogP contribution in [-0.2, 0) is 14.3 Å². The van der Waals surface area contributed by atoms with Crippen LogP contribution >= 0.6 is 11.8 Å². The van der Waals surface area contributed by atoms with Gasteiger partial charge in [0.1, 0.15) is 10.9 Å². The van der Waals surface area contributed by atoms with Crippen LogP contribution in [0.5, 0.6) is 0 Å². The molecule has 0 spiro atoms. The zero-order valence-electron chi connectivity index (χ0n) is 27.3. The van der Waals surface area contributed by atoms with Gasteiger partial charge in [0.15, 0.2) is 0 Å². The van der Waals surface area contributed by atoms with Crippen LogP contribution in [0.15, 0.2) is 144 Å². The van der Waals surface area contributed by atoms with E-state index in [4.69, 9.17) is 4.74 Å². The first kappa shape index (κ1) is 35.8. The fourth-order valence-electron chi connectivity index (χ4n) is 4.87. The number of anilines is 2. The number of rotatable bonds is 13. The number of nitro benzene ring substituents is 1. The molecule has 11 nitrogen and oxygen atoms in total. The van der Waals surface area contributed by atoms with Crippen molar-refractivity contribution in [3.8, 4) is 0 Å². The summed E-state index contributed by atoms with van der Waals surface area (Å²) >= 11 is 1.25. The summed E-state index contributed by atoms with van der Waals surface area (Å²) < 4.78 is 5.03. The zero-order chi connectivity index (χ0) is 36.2. The molecule has 0 heterocycles. The first-order valence-corrected chi connectivity index (χ1v) is 16.6. The van der Waals surface area contributed by atoms with Gasteiger partial charge < -0.3 is 20.7 Å². The van der Waals surface area contributed by atoms with Gasteiger partial charge in [-0.3, -0.25) is 24.5 Å². The molecule has 5 rings (SSSR count). The number of amides is 3. The van der Waals surface area contributed by atoms with Gasteiger partial charge in [-0.05, 0) is 79.2 Å². The van der Waals surface area contributed by atoms with Crippen molar-refractivity contribution in [2.75, 3.05) is 17.2 Å². The van der Waals surface area contributed by atoms with E-state index in [-0.39, 0.29) is 35.0 Å². The maximum Gasteiger partial charge on any atom is 0.338 e. The summed E-state index contributed by atoms with van der Waals surface area (Å²) in [5.74, 6) is -2.07. The number of nitro groups is 1. The lowest BCUT2D eigenvalue weighted by Gasteiger charge is -2.18. The SMILES string of the molecule is CCOC(=O)c1ccc(NC(=O)C(Sc2cccc(NC(=O)/C(=C\c3ccccc3[N+](=O)[O-])NC(=O)c3ccccc3)c2)c2ccccc2)cc1. The van der Waals surface area contributed by atoms with Crippen LogP contribution in [0.25, 0.3) is 6.08 Å². The maximum atomic E-state index is 13.7. The maximum absolute atomic E-state index is 13.7. The number of esters is 1. The Kier molecular flexibility index (Phi) is 12.1. The predicted octanol–water partition coefficient (Wildman–Crippen LogP) is 7.65. The smallest absolute Gasteiger partial charge is 0.338 e. The first-order valence-electron chi connectivity index (χ1n) is 15.7. The largest absolute Gasteiger partial charge is 0.462 e. The average Bonchev–Trinajstić information content (AvgIpc) is 3.15. The lowest BCUT2D eigenvalue weighted by Crippen LogP contribution is -2.30. The summed E-state index contributed by atoms with van der Waals surface area (Å²) in [5.41, 5.74) is 1.90. The highest BCUT2D eigenvalue weighted by Crippen LogP contribution is 2.37. The quantitative estimate of drug-likeness (QED) is 0.0372. The third-order valence-corrected chi connectivity index (χ3v) is 8.56. The molecule has 5 aromatic rings. The number of ether oxygens (including phenoxy) is 1.